The molecule has 2 heterocycles. The van der Waals surface area contributed by atoms with E-state index < -0.39 is 5.60 Å². The van der Waals surface area contributed by atoms with Crippen LogP contribution >= 0.6 is 0 Å². The highest BCUT2D eigenvalue weighted by Gasteiger charge is 2.43. The van der Waals surface area contributed by atoms with Crippen LogP contribution in [0.2, 0.25) is 0 Å². The van der Waals surface area contributed by atoms with Crippen LogP contribution in [0.15, 0.2) is 36.4 Å². The highest BCUT2D eigenvalue weighted by Crippen LogP contribution is 2.36. The van der Waals surface area contributed by atoms with Crippen LogP contribution in [0.3, 0.4) is 0 Å². The number of likely N-dealkylation sites (tertiary alicyclic amines) is 1. The van der Waals surface area contributed by atoms with Crippen molar-refractivity contribution in [3.05, 3.63) is 42.0 Å². The number of aliphatic hydroxyl groups is 1. The zero-order valence-electron chi connectivity index (χ0n) is 15.8. The van der Waals surface area contributed by atoms with Gasteiger partial charge in [0, 0.05) is 25.1 Å². The van der Waals surface area contributed by atoms with Crippen LogP contribution in [0.25, 0.3) is 10.8 Å². The van der Waals surface area contributed by atoms with Gasteiger partial charge in [0.25, 0.3) is 0 Å². The molecule has 4 rings (SSSR count). The lowest BCUT2D eigenvalue weighted by molar-refractivity contribution is -0.123. The molecular weight excluding hydrogens is 326 g/mol. The summed E-state index contributed by atoms with van der Waals surface area (Å²) >= 11 is 0. The first kappa shape index (κ1) is 17.8. The summed E-state index contributed by atoms with van der Waals surface area (Å²) in [4.78, 5) is 2.54. The maximum atomic E-state index is 10.9. The van der Waals surface area contributed by atoms with Crippen LogP contribution in [-0.4, -0.2) is 48.5 Å². The number of nitrogens with zero attached hydrogens (tertiary/aromatic N) is 1. The van der Waals surface area contributed by atoms with E-state index in [1.165, 1.54) is 22.8 Å². The molecule has 0 aromatic heterocycles. The fourth-order valence-electron chi connectivity index (χ4n) is 4.62. The van der Waals surface area contributed by atoms with E-state index >= 15 is 0 Å². The fourth-order valence-corrected chi connectivity index (χ4v) is 4.62. The summed E-state index contributed by atoms with van der Waals surface area (Å²) in [6.07, 6.45) is 3.08. The summed E-state index contributed by atoms with van der Waals surface area (Å²) in [6, 6.07) is 13.3. The van der Waals surface area contributed by atoms with Crippen molar-refractivity contribution in [2.75, 3.05) is 26.9 Å². The molecular formula is C22H29NO3. The number of hydrogen-bond acceptors (Lipinski definition) is 4. The molecule has 0 aliphatic carbocycles. The molecule has 2 aromatic rings. The van der Waals surface area contributed by atoms with Gasteiger partial charge in [-0.2, -0.15) is 0 Å². The molecule has 2 fully saturated rings. The Kier molecular flexibility index (Phi) is 4.91. The van der Waals surface area contributed by atoms with E-state index in [0.717, 1.165) is 31.7 Å². The van der Waals surface area contributed by atoms with Gasteiger partial charge in [0.2, 0.25) is 0 Å². The number of methoxy groups -OCH3 is 1. The molecule has 0 radical (unpaired) electrons. The Morgan fingerprint density at radius 2 is 2.04 bits per heavy atom. The molecule has 0 amide bonds. The van der Waals surface area contributed by atoms with Crippen molar-refractivity contribution >= 4 is 10.8 Å². The Balaban J connectivity index is 1.53. The second-order valence-electron chi connectivity index (χ2n) is 8.02. The molecule has 2 aliphatic rings. The Morgan fingerprint density at radius 1 is 1.23 bits per heavy atom. The van der Waals surface area contributed by atoms with E-state index in [1.54, 1.807) is 7.11 Å². The van der Waals surface area contributed by atoms with Gasteiger partial charge >= 0.3 is 0 Å². The molecule has 2 aliphatic heterocycles. The Bertz CT molecular complexity index is 773. The standard InChI is InChI=1S/C22H29NO3/c1-22(24)9-11-26-15-20(22)21-4-3-10-23(21)14-16-5-6-18-13-19(25-2)8-7-17(18)12-16/h5-8,12-13,20-21,24H,3-4,9-11,14-15H2,1-2H3. The van der Waals surface area contributed by atoms with Crippen molar-refractivity contribution in [1.82, 2.24) is 4.90 Å². The summed E-state index contributed by atoms with van der Waals surface area (Å²) < 4.78 is 11.0. The SMILES string of the molecule is COc1ccc2cc(CN3CCCC3C3COCCC3(C)O)ccc2c1. The molecule has 1 N–H and O–H groups in total. The van der Waals surface area contributed by atoms with Crippen molar-refractivity contribution in [2.24, 2.45) is 5.92 Å². The molecule has 140 valence electrons. The minimum absolute atomic E-state index is 0.198. The second kappa shape index (κ2) is 7.18. The smallest absolute Gasteiger partial charge is 0.119 e. The molecule has 2 aromatic carbocycles. The molecule has 4 nitrogen and oxygen atoms in total. The van der Waals surface area contributed by atoms with Gasteiger partial charge in [-0.05, 0) is 67.3 Å². The largest absolute Gasteiger partial charge is 0.497 e. The van der Waals surface area contributed by atoms with E-state index in [2.05, 4.69) is 35.2 Å². The highest BCUT2D eigenvalue weighted by molar-refractivity contribution is 5.84. The molecule has 26 heavy (non-hydrogen) atoms. The van der Waals surface area contributed by atoms with Crippen molar-refractivity contribution in [3.8, 4) is 5.75 Å². The number of hydrogen-bond donors (Lipinski definition) is 1. The van der Waals surface area contributed by atoms with Gasteiger partial charge in [-0.25, -0.2) is 0 Å². The summed E-state index contributed by atoms with van der Waals surface area (Å²) in [5.74, 6) is 1.09. The fraction of sp³-hybridized carbons (Fsp3) is 0.545. The zero-order chi connectivity index (χ0) is 18.1. The zero-order valence-corrected chi connectivity index (χ0v) is 15.8. The third-order valence-corrected chi connectivity index (χ3v) is 6.22. The van der Waals surface area contributed by atoms with Crippen LogP contribution in [-0.2, 0) is 11.3 Å². The first-order chi connectivity index (χ1) is 12.6. The average Bonchev–Trinajstić information content (AvgIpc) is 3.08. The molecule has 0 spiro atoms. The monoisotopic (exact) mass is 355 g/mol. The van der Waals surface area contributed by atoms with E-state index in [1.807, 2.05) is 13.0 Å². The third-order valence-electron chi connectivity index (χ3n) is 6.22. The Hall–Kier alpha value is -1.62. The van der Waals surface area contributed by atoms with Gasteiger partial charge in [-0.15, -0.1) is 0 Å². The van der Waals surface area contributed by atoms with Crippen molar-refractivity contribution < 1.29 is 14.6 Å². The average molecular weight is 355 g/mol. The van der Waals surface area contributed by atoms with E-state index in [4.69, 9.17) is 9.47 Å². The summed E-state index contributed by atoms with van der Waals surface area (Å²) in [7, 11) is 1.70. The maximum absolute atomic E-state index is 10.9. The molecule has 3 atom stereocenters. The predicted molar refractivity (Wildman–Crippen MR) is 103 cm³/mol. The second-order valence-corrected chi connectivity index (χ2v) is 8.02. The highest BCUT2D eigenvalue weighted by atomic mass is 16.5. The van der Waals surface area contributed by atoms with Gasteiger partial charge in [0.15, 0.2) is 0 Å². The van der Waals surface area contributed by atoms with Gasteiger partial charge in [-0.3, -0.25) is 4.90 Å². The van der Waals surface area contributed by atoms with Crippen LogP contribution in [0.4, 0.5) is 0 Å². The van der Waals surface area contributed by atoms with Crippen LogP contribution < -0.4 is 4.74 Å². The Labute approximate surface area is 155 Å². The number of ether oxygens (including phenoxy) is 2. The van der Waals surface area contributed by atoms with Crippen molar-refractivity contribution in [1.29, 1.82) is 0 Å². The van der Waals surface area contributed by atoms with Crippen molar-refractivity contribution in [3.63, 3.8) is 0 Å². The molecule has 3 unspecified atom stereocenters. The molecule has 2 saturated heterocycles. The van der Waals surface area contributed by atoms with Crippen LogP contribution in [0, 0.1) is 5.92 Å². The van der Waals surface area contributed by atoms with Gasteiger partial charge in [-0.1, -0.05) is 18.2 Å². The summed E-state index contributed by atoms with van der Waals surface area (Å²) in [6.45, 7) is 5.35. The minimum atomic E-state index is -0.620. The topological polar surface area (TPSA) is 41.9 Å². The van der Waals surface area contributed by atoms with E-state index in [0.29, 0.717) is 19.3 Å². The van der Waals surface area contributed by atoms with Gasteiger partial charge < -0.3 is 14.6 Å². The minimum Gasteiger partial charge on any atom is -0.497 e. The van der Waals surface area contributed by atoms with Crippen molar-refractivity contribution in [2.45, 2.75) is 44.4 Å². The molecule has 4 heteroatoms. The quantitative estimate of drug-likeness (QED) is 0.910. The van der Waals surface area contributed by atoms with Crippen LogP contribution in [0.1, 0.15) is 31.7 Å². The Morgan fingerprint density at radius 3 is 2.85 bits per heavy atom. The maximum Gasteiger partial charge on any atom is 0.119 e. The summed E-state index contributed by atoms with van der Waals surface area (Å²) in [5.41, 5.74) is 0.705. The lowest BCUT2D eigenvalue weighted by Gasteiger charge is -2.43. The van der Waals surface area contributed by atoms with Gasteiger partial charge in [0.05, 0.1) is 19.3 Å². The van der Waals surface area contributed by atoms with Crippen LogP contribution in [0.5, 0.6) is 5.75 Å². The summed E-state index contributed by atoms with van der Waals surface area (Å²) in [5, 5.41) is 13.3. The predicted octanol–water partition coefficient (Wildman–Crippen LogP) is 3.60. The van der Waals surface area contributed by atoms with Gasteiger partial charge in [0.1, 0.15) is 5.75 Å². The lowest BCUT2D eigenvalue weighted by atomic mass is 9.79. The number of benzene rings is 2. The molecule has 0 saturated carbocycles. The van der Waals surface area contributed by atoms with E-state index in [-0.39, 0.29) is 5.92 Å². The molecule has 0 bridgehead atoms. The number of rotatable bonds is 4. The van der Waals surface area contributed by atoms with E-state index in [9.17, 15) is 5.11 Å². The number of fused-ring (bicyclic) bond motifs is 1. The third kappa shape index (κ3) is 3.46. The normalized spacial score (nSPS) is 30.0. The first-order valence-corrected chi connectivity index (χ1v) is 9.68. The first-order valence-electron chi connectivity index (χ1n) is 9.68. The lowest BCUT2D eigenvalue weighted by Crippen LogP contribution is -2.52.